The second-order valence-corrected chi connectivity index (χ2v) is 7.36. The summed E-state index contributed by atoms with van der Waals surface area (Å²) in [5, 5.41) is 10.1. The smallest absolute Gasteiger partial charge is 0.242 e. The summed E-state index contributed by atoms with van der Waals surface area (Å²) in [6.07, 6.45) is 0.669. The minimum absolute atomic E-state index is 0.156. The van der Waals surface area contributed by atoms with Crippen molar-refractivity contribution in [2.75, 3.05) is 18.0 Å². The van der Waals surface area contributed by atoms with E-state index in [1.54, 1.807) is 32.0 Å². The molecule has 0 aromatic heterocycles. The lowest BCUT2D eigenvalue weighted by molar-refractivity contribution is 0.00822. The molecule has 1 fully saturated rings. The predicted molar refractivity (Wildman–Crippen MR) is 79.4 cm³/mol. The van der Waals surface area contributed by atoms with E-state index in [4.69, 9.17) is 0 Å². The average molecular weight is 298 g/mol. The van der Waals surface area contributed by atoms with E-state index in [2.05, 4.69) is 4.72 Å². The van der Waals surface area contributed by atoms with Gasteiger partial charge in [-0.15, -0.1) is 0 Å². The minimum Gasteiger partial charge on any atom is -0.386 e. The zero-order valence-electron chi connectivity index (χ0n) is 12.1. The highest BCUT2D eigenvalue weighted by molar-refractivity contribution is 7.89. The third kappa shape index (κ3) is 2.97. The molecule has 0 amide bonds. The van der Waals surface area contributed by atoms with Crippen LogP contribution in [0.2, 0.25) is 0 Å². The van der Waals surface area contributed by atoms with E-state index < -0.39 is 15.6 Å². The molecule has 1 aliphatic heterocycles. The Morgan fingerprint density at radius 1 is 1.35 bits per heavy atom. The van der Waals surface area contributed by atoms with Crippen LogP contribution in [0.15, 0.2) is 29.2 Å². The van der Waals surface area contributed by atoms with Crippen LogP contribution < -0.4 is 9.62 Å². The molecule has 1 saturated heterocycles. The molecule has 0 bridgehead atoms. The summed E-state index contributed by atoms with van der Waals surface area (Å²) in [6, 6.07) is 6.75. The Morgan fingerprint density at radius 3 is 2.50 bits per heavy atom. The van der Waals surface area contributed by atoms with E-state index in [9.17, 15) is 13.5 Å². The normalized spacial score (nSPS) is 18.1. The number of benzene rings is 1. The summed E-state index contributed by atoms with van der Waals surface area (Å²) in [5.41, 5.74) is -0.0405. The highest BCUT2D eigenvalue weighted by Gasteiger charge is 2.41. The van der Waals surface area contributed by atoms with Crippen molar-refractivity contribution in [3.63, 3.8) is 0 Å². The first-order valence-corrected chi connectivity index (χ1v) is 8.34. The first-order chi connectivity index (χ1) is 9.27. The van der Waals surface area contributed by atoms with Gasteiger partial charge in [-0.05, 0) is 32.4 Å². The summed E-state index contributed by atoms with van der Waals surface area (Å²) in [7, 11) is -3.53. The Hall–Kier alpha value is -1.11. The summed E-state index contributed by atoms with van der Waals surface area (Å²) >= 11 is 0. The lowest BCUT2D eigenvalue weighted by atomic mass is 9.91. The molecular formula is C14H22N2O3S. The van der Waals surface area contributed by atoms with Crippen molar-refractivity contribution in [2.45, 2.75) is 43.7 Å². The highest BCUT2D eigenvalue weighted by atomic mass is 32.2. The number of para-hydroxylation sites is 1. The number of hydrogen-bond acceptors (Lipinski definition) is 4. The number of nitrogens with zero attached hydrogens (tertiary/aromatic N) is 1. The molecule has 0 aliphatic carbocycles. The fourth-order valence-electron chi connectivity index (χ4n) is 2.38. The topological polar surface area (TPSA) is 69.6 Å². The molecule has 112 valence electrons. The maximum Gasteiger partial charge on any atom is 0.242 e. The lowest BCUT2D eigenvalue weighted by Gasteiger charge is -2.48. The van der Waals surface area contributed by atoms with Gasteiger partial charge in [0, 0.05) is 19.1 Å². The maximum absolute atomic E-state index is 12.3. The van der Waals surface area contributed by atoms with Crippen LogP contribution in [0, 0.1) is 0 Å². The van der Waals surface area contributed by atoms with Gasteiger partial charge in [0.25, 0.3) is 0 Å². The maximum atomic E-state index is 12.3. The van der Waals surface area contributed by atoms with Gasteiger partial charge in [-0.25, -0.2) is 13.1 Å². The van der Waals surface area contributed by atoms with Gasteiger partial charge in [0.2, 0.25) is 10.0 Å². The fourth-order valence-corrected chi connectivity index (χ4v) is 3.86. The molecule has 1 aliphatic rings. The van der Waals surface area contributed by atoms with Gasteiger partial charge in [-0.3, -0.25) is 0 Å². The molecule has 0 saturated carbocycles. The van der Waals surface area contributed by atoms with E-state index >= 15 is 0 Å². The molecule has 1 heterocycles. The fraction of sp³-hybridized carbons (Fsp3) is 0.571. The molecule has 6 heteroatoms. The molecule has 0 unspecified atom stereocenters. The van der Waals surface area contributed by atoms with E-state index in [1.165, 1.54) is 0 Å². The number of anilines is 1. The second-order valence-electron chi connectivity index (χ2n) is 5.68. The quantitative estimate of drug-likeness (QED) is 0.860. The van der Waals surface area contributed by atoms with Crippen LogP contribution in [-0.2, 0) is 10.0 Å². The van der Waals surface area contributed by atoms with Gasteiger partial charge in [0.1, 0.15) is 4.90 Å². The number of hydrogen-bond donors (Lipinski definition) is 2. The highest BCUT2D eigenvalue weighted by Crippen LogP contribution is 2.34. The SMILES string of the molecule is CCC1(O)CN(c2ccccc2S(=O)(=O)NC(C)C)C1. The van der Waals surface area contributed by atoms with Gasteiger partial charge in [-0.1, -0.05) is 19.1 Å². The van der Waals surface area contributed by atoms with Crippen LogP contribution >= 0.6 is 0 Å². The van der Waals surface area contributed by atoms with Gasteiger partial charge < -0.3 is 10.0 Å². The van der Waals surface area contributed by atoms with Gasteiger partial charge in [0.15, 0.2) is 0 Å². The van der Waals surface area contributed by atoms with Crippen molar-refractivity contribution in [2.24, 2.45) is 0 Å². The van der Waals surface area contributed by atoms with E-state index in [0.29, 0.717) is 25.2 Å². The minimum atomic E-state index is -3.53. The summed E-state index contributed by atoms with van der Waals surface area (Å²) in [6.45, 7) is 6.45. The molecule has 2 rings (SSSR count). The molecule has 5 nitrogen and oxygen atoms in total. The van der Waals surface area contributed by atoms with Crippen molar-refractivity contribution < 1.29 is 13.5 Å². The van der Waals surface area contributed by atoms with Crippen LogP contribution in [0.1, 0.15) is 27.2 Å². The lowest BCUT2D eigenvalue weighted by Crippen LogP contribution is -2.62. The standard InChI is InChI=1S/C14H22N2O3S/c1-4-14(17)9-16(10-14)12-7-5-6-8-13(12)20(18,19)15-11(2)3/h5-8,11,15,17H,4,9-10H2,1-3H3. The van der Waals surface area contributed by atoms with Crippen molar-refractivity contribution >= 4 is 15.7 Å². The van der Waals surface area contributed by atoms with Gasteiger partial charge in [-0.2, -0.15) is 0 Å². The summed E-state index contributed by atoms with van der Waals surface area (Å²) < 4.78 is 27.3. The first-order valence-electron chi connectivity index (χ1n) is 6.86. The average Bonchev–Trinajstić information content (AvgIpc) is 2.33. The first kappa shape index (κ1) is 15.3. The van der Waals surface area contributed by atoms with Crippen molar-refractivity contribution in [3.8, 4) is 0 Å². The Kier molecular flexibility index (Phi) is 4.09. The number of β-amino-alcohol motifs (C(OH)–C–C–N with tert-alkyl or cyclic N) is 1. The number of nitrogens with one attached hydrogen (secondary N) is 1. The molecular weight excluding hydrogens is 276 g/mol. The Morgan fingerprint density at radius 2 is 1.95 bits per heavy atom. The Balaban J connectivity index is 2.29. The van der Waals surface area contributed by atoms with Crippen molar-refractivity contribution in [1.29, 1.82) is 0 Å². The molecule has 20 heavy (non-hydrogen) atoms. The molecule has 0 radical (unpaired) electrons. The molecule has 1 aromatic rings. The second kappa shape index (κ2) is 5.35. The van der Waals surface area contributed by atoms with Crippen LogP contribution in [0.25, 0.3) is 0 Å². The van der Waals surface area contributed by atoms with Gasteiger partial charge in [0.05, 0.1) is 11.3 Å². The zero-order chi connectivity index (χ0) is 15.0. The molecule has 1 aromatic carbocycles. The largest absolute Gasteiger partial charge is 0.386 e. The van der Waals surface area contributed by atoms with Gasteiger partial charge >= 0.3 is 0 Å². The van der Waals surface area contributed by atoms with Crippen LogP contribution in [0.5, 0.6) is 0 Å². The Labute approximate surface area is 120 Å². The third-order valence-electron chi connectivity index (χ3n) is 3.51. The number of aliphatic hydroxyl groups is 1. The molecule has 2 N–H and O–H groups in total. The third-order valence-corrected chi connectivity index (χ3v) is 5.22. The van der Waals surface area contributed by atoms with E-state index in [1.807, 2.05) is 17.9 Å². The number of rotatable bonds is 5. The monoisotopic (exact) mass is 298 g/mol. The van der Waals surface area contributed by atoms with Crippen molar-refractivity contribution in [1.82, 2.24) is 4.72 Å². The predicted octanol–water partition coefficient (Wildman–Crippen LogP) is 1.33. The summed E-state index contributed by atoms with van der Waals surface area (Å²) in [5.74, 6) is 0. The van der Waals surface area contributed by atoms with Crippen molar-refractivity contribution in [3.05, 3.63) is 24.3 Å². The van der Waals surface area contributed by atoms with Crippen LogP contribution in [0.4, 0.5) is 5.69 Å². The number of sulfonamides is 1. The van der Waals surface area contributed by atoms with Crippen LogP contribution in [0.3, 0.4) is 0 Å². The van der Waals surface area contributed by atoms with E-state index in [0.717, 1.165) is 0 Å². The Bertz CT molecular complexity index is 578. The zero-order valence-corrected chi connectivity index (χ0v) is 12.9. The molecule has 0 spiro atoms. The molecule has 0 atom stereocenters. The van der Waals surface area contributed by atoms with E-state index in [-0.39, 0.29) is 10.9 Å². The van der Waals surface area contributed by atoms with Crippen LogP contribution in [-0.4, -0.2) is 38.3 Å². The summed E-state index contributed by atoms with van der Waals surface area (Å²) in [4.78, 5) is 2.17.